The Balaban J connectivity index is 2.03. The van der Waals surface area contributed by atoms with Crippen molar-refractivity contribution >= 4 is 10.0 Å². The molecule has 2 atom stereocenters. The van der Waals surface area contributed by atoms with Crippen LogP contribution in [0.2, 0.25) is 0 Å². The van der Waals surface area contributed by atoms with Gasteiger partial charge in [0, 0.05) is 25.7 Å². The number of halogens is 1. The fourth-order valence-electron chi connectivity index (χ4n) is 2.77. The molecule has 2 rings (SSSR count). The summed E-state index contributed by atoms with van der Waals surface area (Å²) in [4.78, 5) is 2.18. The van der Waals surface area contributed by atoms with Crippen LogP contribution in [0.3, 0.4) is 0 Å². The Bertz CT molecular complexity index is 594. The lowest BCUT2D eigenvalue weighted by molar-refractivity contribution is 0.0786. The molecule has 1 aromatic rings. The number of rotatable bonds is 6. The summed E-state index contributed by atoms with van der Waals surface area (Å²) in [6.45, 7) is 4.25. The quantitative estimate of drug-likeness (QED) is 0.861. The van der Waals surface area contributed by atoms with Crippen LogP contribution in [0.4, 0.5) is 4.39 Å². The summed E-state index contributed by atoms with van der Waals surface area (Å²) in [5.74, 6) is -0.554. The first-order valence-electron chi connectivity index (χ1n) is 7.43. The minimum atomic E-state index is -3.69. The number of likely N-dealkylation sites (tertiary alicyclic amines) is 1. The number of methoxy groups -OCH3 is 1. The van der Waals surface area contributed by atoms with E-state index in [1.54, 1.807) is 7.11 Å². The minimum Gasteiger partial charge on any atom is -0.383 e. The molecular weight excluding hydrogens is 307 g/mol. The molecule has 0 saturated carbocycles. The molecule has 0 radical (unpaired) electrons. The van der Waals surface area contributed by atoms with Crippen molar-refractivity contribution in [3.8, 4) is 0 Å². The lowest BCUT2D eigenvalue weighted by Gasteiger charge is -2.36. The smallest absolute Gasteiger partial charge is 0.240 e. The van der Waals surface area contributed by atoms with Crippen molar-refractivity contribution in [2.75, 3.05) is 26.8 Å². The van der Waals surface area contributed by atoms with E-state index in [4.69, 9.17) is 4.74 Å². The number of piperidine rings is 1. The van der Waals surface area contributed by atoms with Crippen molar-refractivity contribution < 1.29 is 17.5 Å². The zero-order chi connectivity index (χ0) is 16.2. The molecule has 1 aliphatic heterocycles. The van der Waals surface area contributed by atoms with Gasteiger partial charge in [0.05, 0.1) is 11.5 Å². The van der Waals surface area contributed by atoms with E-state index >= 15 is 0 Å². The largest absolute Gasteiger partial charge is 0.383 e. The van der Waals surface area contributed by atoms with Gasteiger partial charge < -0.3 is 4.74 Å². The second-order valence-electron chi connectivity index (χ2n) is 5.72. The van der Waals surface area contributed by atoms with Gasteiger partial charge in [0.1, 0.15) is 5.82 Å². The Hall–Kier alpha value is -1.02. The molecule has 1 saturated heterocycles. The summed E-state index contributed by atoms with van der Waals surface area (Å²) in [5, 5.41) is 0. The maximum atomic E-state index is 13.2. The van der Waals surface area contributed by atoms with Crippen LogP contribution in [0.5, 0.6) is 0 Å². The Morgan fingerprint density at radius 2 is 2.27 bits per heavy atom. The summed E-state index contributed by atoms with van der Waals surface area (Å²) in [7, 11) is -2.03. The molecule has 22 heavy (non-hydrogen) atoms. The molecule has 0 unspecified atom stereocenters. The zero-order valence-corrected chi connectivity index (χ0v) is 13.8. The molecule has 5 nitrogen and oxygen atoms in total. The van der Waals surface area contributed by atoms with Gasteiger partial charge in [0.25, 0.3) is 0 Å². The molecule has 0 bridgehead atoms. The Morgan fingerprint density at radius 1 is 1.50 bits per heavy atom. The standard InChI is InChI=1S/C15H23FN2O3S/c1-12(11-21-2)18-8-4-6-14(10-18)17-22(19,20)15-7-3-5-13(16)9-15/h3,5,7,9,12,14,17H,4,6,8,10-11H2,1-2H3/t12-,14-/m1/s1. The third-order valence-electron chi connectivity index (χ3n) is 3.91. The average Bonchev–Trinajstić information content (AvgIpc) is 2.47. The van der Waals surface area contributed by atoms with Crippen LogP contribution in [-0.2, 0) is 14.8 Å². The number of nitrogens with zero attached hydrogens (tertiary/aromatic N) is 1. The van der Waals surface area contributed by atoms with E-state index in [1.807, 2.05) is 0 Å². The van der Waals surface area contributed by atoms with E-state index in [0.29, 0.717) is 13.2 Å². The van der Waals surface area contributed by atoms with Gasteiger partial charge >= 0.3 is 0 Å². The van der Waals surface area contributed by atoms with Crippen molar-refractivity contribution in [2.45, 2.75) is 36.7 Å². The maximum Gasteiger partial charge on any atom is 0.240 e. The molecule has 1 aliphatic rings. The van der Waals surface area contributed by atoms with E-state index in [-0.39, 0.29) is 17.0 Å². The van der Waals surface area contributed by atoms with Crippen LogP contribution in [0.15, 0.2) is 29.2 Å². The van der Waals surface area contributed by atoms with Gasteiger partial charge in [-0.2, -0.15) is 0 Å². The van der Waals surface area contributed by atoms with Crippen LogP contribution in [0.1, 0.15) is 19.8 Å². The molecule has 0 aromatic heterocycles. The van der Waals surface area contributed by atoms with Crippen LogP contribution >= 0.6 is 0 Å². The molecule has 0 spiro atoms. The van der Waals surface area contributed by atoms with Gasteiger partial charge in [-0.1, -0.05) is 6.07 Å². The first-order chi connectivity index (χ1) is 10.4. The van der Waals surface area contributed by atoms with E-state index < -0.39 is 15.8 Å². The number of ether oxygens (including phenoxy) is 1. The molecule has 1 fully saturated rings. The van der Waals surface area contributed by atoms with Gasteiger partial charge in [0.2, 0.25) is 10.0 Å². The van der Waals surface area contributed by atoms with Crippen LogP contribution in [0, 0.1) is 5.82 Å². The number of benzene rings is 1. The number of nitrogens with one attached hydrogen (secondary N) is 1. The number of hydrogen-bond acceptors (Lipinski definition) is 4. The Labute approximate surface area is 131 Å². The van der Waals surface area contributed by atoms with Crippen molar-refractivity contribution in [3.63, 3.8) is 0 Å². The molecule has 0 aliphatic carbocycles. The van der Waals surface area contributed by atoms with Crippen molar-refractivity contribution in [2.24, 2.45) is 0 Å². The summed E-state index contributed by atoms with van der Waals surface area (Å²) >= 11 is 0. The summed E-state index contributed by atoms with van der Waals surface area (Å²) in [5.41, 5.74) is 0. The summed E-state index contributed by atoms with van der Waals surface area (Å²) < 4.78 is 45.7. The van der Waals surface area contributed by atoms with Crippen LogP contribution in [0.25, 0.3) is 0 Å². The highest BCUT2D eigenvalue weighted by Gasteiger charge is 2.27. The zero-order valence-electron chi connectivity index (χ0n) is 13.0. The van der Waals surface area contributed by atoms with Crippen LogP contribution < -0.4 is 4.72 Å². The van der Waals surface area contributed by atoms with Gasteiger partial charge in [-0.25, -0.2) is 17.5 Å². The van der Waals surface area contributed by atoms with E-state index in [9.17, 15) is 12.8 Å². The topological polar surface area (TPSA) is 58.6 Å². The first-order valence-corrected chi connectivity index (χ1v) is 8.91. The highest BCUT2D eigenvalue weighted by Crippen LogP contribution is 2.17. The fraction of sp³-hybridized carbons (Fsp3) is 0.600. The molecule has 1 aromatic carbocycles. The lowest BCUT2D eigenvalue weighted by atomic mass is 10.1. The maximum absolute atomic E-state index is 13.2. The second kappa shape index (κ2) is 7.50. The van der Waals surface area contributed by atoms with Gasteiger partial charge in [-0.05, 0) is 44.5 Å². The molecule has 0 amide bonds. The first kappa shape index (κ1) is 17.3. The Kier molecular flexibility index (Phi) is 5.91. The molecule has 7 heteroatoms. The molecule has 1 N–H and O–H groups in total. The lowest BCUT2D eigenvalue weighted by Crippen LogP contribution is -2.51. The van der Waals surface area contributed by atoms with E-state index in [1.165, 1.54) is 18.2 Å². The summed E-state index contributed by atoms with van der Waals surface area (Å²) in [6, 6.07) is 5.15. The molecule has 1 heterocycles. The van der Waals surface area contributed by atoms with Gasteiger partial charge in [-0.15, -0.1) is 0 Å². The van der Waals surface area contributed by atoms with Crippen molar-refractivity contribution in [1.82, 2.24) is 9.62 Å². The Morgan fingerprint density at radius 3 is 2.95 bits per heavy atom. The SMILES string of the molecule is COC[C@@H](C)N1CCC[C@@H](NS(=O)(=O)c2cccc(F)c2)C1. The molecular formula is C15H23FN2O3S. The third kappa shape index (κ3) is 4.49. The number of sulfonamides is 1. The molecule has 124 valence electrons. The van der Waals surface area contributed by atoms with Gasteiger partial charge in [-0.3, -0.25) is 4.90 Å². The van der Waals surface area contributed by atoms with Crippen molar-refractivity contribution in [3.05, 3.63) is 30.1 Å². The monoisotopic (exact) mass is 330 g/mol. The highest BCUT2D eigenvalue weighted by molar-refractivity contribution is 7.89. The van der Waals surface area contributed by atoms with E-state index in [0.717, 1.165) is 25.5 Å². The minimum absolute atomic E-state index is 0.0328. The fourth-order valence-corrected chi connectivity index (χ4v) is 4.06. The van der Waals surface area contributed by atoms with Crippen molar-refractivity contribution in [1.29, 1.82) is 0 Å². The highest BCUT2D eigenvalue weighted by atomic mass is 32.2. The predicted octanol–water partition coefficient (Wildman–Crippen LogP) is 1.60. The number of hydrogen-bond donors (Lipinski definition) is 1. The third-order valence-corrected chi connectivity index (χ3v) is 5.43. The second-order valence-corrected chi connectivity index (χ2v) is 7.43. The van der Waals surface area contributed by atoms with Gasteiger partial charge in [0.15, 0.2) is 0 Å². The average molecular weight is 330 g/mol. The summed E-state index contributed by atoms with van der Waals surface area (Å²) in [6.07, 6.45) is 1.70. The van der Waals surface area contributed by atoms with Crippen LogP contribution in [-0.4, -0.2) is 52.2 Å². The predicted molar refractivity (Wildman–Crippen MR) is 82.7 cm³/mol. The van der Waals surface area contributed by atoms with E-state index in [2.05, 4.69) is 16.5 Å². The normalized spacial score (nSPS) is 21.7.